The molecule has 2 N–H and O–H groups in total. The van der Waals surface area contributed by atoms with Crippen LogP contribution >= 0.6 is 0 Å². The molecular weight excluding hydrogens is 468 g/mol. The average Bonchev–Trinajstić information content (AvgIpc) is 3.17. The fraction of sp³-hybridized carbons (Fsp3) is 0.933. The SMILES string of the molecule is CC1=C2C[C@@H]3[C@@]4(C)CC[C@@H](NS(C)(=O)=O)C[C@H]4CC[C@@]3(C)[C@@H]2CC[C@@]2(C1)O[C@@H]1C[C@H](C)CN[C@H]1[C@H]2C. The zero-order valence-electron chi connectivity index (χ0n) is 23.5. The van der Waals surface area contributed by atoms with E-state index in [-0.39, 0.29) is 11.6 Å². The number of allylic oxidation sites excluding steroid dienone is 1. The van der Waals surface area contributed by atoms with Crippen molar-refractivity contribution in [2.45, 2.75) is 123 Å². The first kappa shape index (κ1) is 25.8. The molecule has 204 valence electrons. The third-order valence-corrected chi connectivity index (χ3v) is 13.4. The van der Waals surface area contributed by atoms with Crippen LogP contribution in [0.4, 0.5) is 0 Å². The first-order valence-corrected chi connectivity index (χ1v) is 16.8. The van der Waals surface area contributed by atoms with Crippen molar-refractivity contribution in [3.63, 3.8) is 0 Å². The smallest absolute Gasteiger partial charge is 0.208 e. The van der Waals surface area contributed by atoms with Gasteiger partial charge in [0.15, 0.2) is 0 Å². The topological polar surface area (TPSA) is 67.4 Å². The van der Waals surface area contributed by atoms with Crippen LogP contribution in [0, 0.1) is 40.4 Å². The van der Waals surface area contributed by atoms with E-state index in [1.165, 1.54) is 44.8 Å². The minimum atomic E-state index is -3.14. The maximum atomic E-state index is 11.9. The van der Waals surface area contributed by atoms with Crippen LogP contribution < -0.4 is 10.0 Å². The first-order valence-electron chi connectivity index (χ1n) is 14.9. The van der Waals surface area contributed by atoms with E-state index < -0.39 is 10.0 Å². The van der Waals surface area contributed by atoms with Crippen molar-refractivity contribution in [3.8, 4) is 0 Å². The molecule has 0 aromatic heterocycles. The maximum Gasteiger partial charge on any atom is 0.208 e. The molecular formula is C30H50N2O3S. The molecule has 0 bridgehead atoms. The molecule has 2 saturated heterocycles. The van der Waals surface area contributed by atoms with Crippen LogP contribution in [0.3, 0.4) is 0 Å². The third-order valence-electron chi connectivity index (χ3n) is 12.6. The molecule has 6 rings (SSSR count). The molecule has 6 aliphatic rings. The Labute approximate surface area is 220 Å². The van der Waals surface area contributed by atoms with E-state index in [0.29, 0.717) is 46.6 Å². The molecule has 2 heterocycles. The Hall–Kier alpha value is -0.430. The second-order valence-corrected chi connectivity index (χ2v) is 16.5. The summed E-state index contributed by atoms with van der Waals surface area (Å²) in [7, 11) is -3.14. The highest BCUT2D eigenvalue weighted by atomic mass is 32.2. The number of fused-ring (bicyclic) bond motifs is 6. The van der Waals surface area contributed by atoms with Crippen LogP contribution in [-0.4, -0.2) is 45.0 Å². The van der Waals surface area contributed by atoms with E-state index in [0.717, 1.165) is 38.1 Å². The Morgan fingerprint density at radius 3 is 2.53 bits per heavy atom. The van der Waals surface area contributed by atoms with Crippen LogP contribution in [0.15, 0.2) is 11.1 Å². The van der Waals surface area contributed by atoms with Crippen LogP contribution in [0.25, 0.3) is 0 Å². The van der Waals surface area contributed by atoms with Gasteiger partial charge in [0.25, 0.3) is 0 Å². The van der Waals surface area contributed by atoms with Crippen molar-refractivity contribution in [1.29, 1.82) is 0 Å². The van der Waals surface area contributed by atoms with Crippen LogP contribution in [-0.2, 0) is 14.8 Å². The van der Waals surface area contributed by atoms with E-state index in [9.17, 15) is 8.42 Å². The fourth-order valence-electron chi connectivity index (χ4n) is 10.7. The van der Waals surface area contributed by atoms with Gasteiger partial charge < -0.3 is 10.1 Å². The number of ether oxygens (including phenoxy) is 1. The minimum Gasteiger partial charge on any atom is -0.369 e. The van der Waals surface area contributed by atoms with Gasteiger partial charge in [0, 0.05) is 18.0 Å². The first-order chi connectivity index (χ1) is 16.8. The molecule has 4 aliphatic carbocycles. The summed E-state index contributed by atoms with van der Waals surface area (Å²) >= 11 is 0. The van der Waals surface area contributed by atoms with Crippen molar-refractivity contribution < 1.29 is 13.2 Å². The summed E-state index contributed by atoms with van der Waals surface area (Å²) in [4.78, 5) is 0. The van der Waals surface area contributed by atoms with E-state index in [1.54, 1.807) is 11.1 Å². The third kappa shape index (κ3) is 3.90. The van der Waals surface area contributed by atoms with Gasteiger partial charge in [-0.2, -0.15) is 0 Å². The summed E-state index contributed by atoms with van der Waals surface area (Å²) in [5, 5.41) is 3.86. The van der Waals surface area contributed by atoms with Gasteiger partial charge in [-0.1, -0.05) is 38.8 Å². The molecule has 0 unspecified atom stereocenters. The van der Waals surface area contributed by atoms with Crippen LogP contribution in [0.1, 0.15) is 98.8 Å². The summed E-state index contributed by atoms with van der Waals surface area (Å²) in [6, 6.07) is 0.640. The Bertz CT molecular complexity index is 1040. The molecule has 0 aromatic rings. The average molecular weight is 519 g/mol. The van der Waals surface area contributed by atoms with Crippen molar-refractivity contribution in [2.24, 2.45) is 40.4 Å². The highest BCUT2D eigenvalue weighted by Gasteiger charge is 2.63. The largest absolute Gasteiger partial charge is 0.369 e. The van der Waals surface area contributed by atoms with Crippen molar-refractivity contribution in [1.82, 2.24) is 10.0 Å². The molecule has 5 fully saturated rings. The lowest BCUT2D eigenvalue weighted by molar-refractivity contribution is -0.0927. The normalized spacial score (nSPS) is 52.9. The molecule has 0 aromatic carbocycles. The fourth-order valence-corrected chi connectivity index (χ4v) is 11.6. The quantitative estimate of drug-likeness (QED) is 0.479. The monoisotopic (exact) mass is 518 g/mol. The van der Waals surface area contributed by atoms with Crippen molar-refractivity contribution in [3.05, 3.63) is 11.1 Å². The lowest BCUT2D eigenvalue weighted by Gasteiger charge is -2.58. The van der Waals surface area contributed by atoms with E-state index in [2.05, 4.69) is 44.7 Å². The highest BCUT2D eigenvalue weighted by molar-refractivity contribution is 7.88. The van der Waals surface area contributed by atoms with Gasteiger partial charge in [-0.25, -0.2) is 13.1 Å². The van der Waals surface area contributed by atoms with Gasteiger partial charge in [0.05, 0.1) is 18.0 Å². The van der Waals surface area contributed by atoms with Crippen LogP contribution in [0.5, 0.6) is 0 Å². The predicted octanol–water partition coefficient (Wildman–Crippen LogP) is 5.42. The maximum absolute atomic E-state index is 11.9. The van der Waals surface area contributed by atoms with Gasteiger partial charge in [-0.3, -0.25) is 0 Å². The van der Waals surface area contributed by atoms with Gasteiger partial charge in [-0.15, -0.1) is 0 Å². The number of rotatable bonds is 2. The molecule has 0 amide bonds. The van der Waals surface area contributed by atoms with Crippen molar-refractivity contribution in [2.75, 3.05) is 12.8 Å². The summed E-state index contributed by atoms with van der Waals surface area (Å²) in [6.45, 7) is 13.6. The molecule has 1 spiro atoms. The zero-order valence-corrected chi connectivity index (χ0v) is 24.3. The van der Waals surface area contributed by atoms with Gasteiger partial charge in [0.2, 0.25) is 10.0 Å². The Morgan fingerprint density at radius 1 is 1.03 bits per heavy atom. The summed E-state index contributed by atoms with van der Waals surface area (Å²) < 4.78 is 33.8. The van der Waals surface area contributed by atoms with E-state index >= 15 is 0 Å². The highest BCUT2D eigenvalue weighted by Crippen LogP contribution is 2.70. The second-order valence-electron chi connectivity index (χ2n) is 14.7. The molecule has 0 radical (unpaired) electrons. The second kappa shape index (κ2) is 8.53. The molecule has 3 saturated carbocycles. The summed E-state index contributed by atoms with van der Waals surface area (Å²) in [5.74, 6) is 3.32. The minimum absolute atomic E-state index is 0.0101. The molecule has 36 heavy (non-hydrogen) atoms. The Morgan fingerprint density at radius 2 is 1.78 bits per heavy atom. The number of nitrogens with one attached hydrogen (secondary N) is 2. The van der Waals surface area contributed by atoms with E-state index in [1.807, 2.05) is 0 Å². The predicted molar refractivity (Wildman–Crippen MR) is 145 cm³/mol. The standard InChI is InChI=1S/C30H50N2O3S/c1-18-13-25-27(31-17-18)20(3)30(35-25)12-9-24-23(19(2)16-30)15-26-28(4)11-8-22(32-36(6,33)34)14-21(28)7-10-29(24,26)5/h18,20-22,24-27,31-32H,7-17H2,1-6H3/t18-,20+,21+,22+,24+,25+,26+,27-,28-,29-,30-/m0/s1. The Balaban J connectivity index is 1.25. The molecule has 6 heteroatoms. The van der Waals surface area contributed by atoms with Gasteiger partial charge >= 0.3 is 0 Å². The van der Waals surface area contributed by atoms with E-state index in [4.69, 9.17) is 4.74 Å². The summed E-state index contributed by atoms with van der Waals surface area (Å²) in [5.41, 5.74) is 4.12. The van der Waals surface area contributed by atoms with Crippen LogP contribution in [0.2, 0.25) is 0 Å². The number of hydrogen-bond acceptors (Lipinski definition) is 4. The van der Waals surface area contributed by atoms with Gasteiger partial charge in [0.1, 0.15) is 0 Å². The lowest BCUT2D eigenvalue weighted by Crippen LogP contribution is -2.53. The Kier molecular flexibility index (Phi) is 6.12. The number of hydrogen-bond donors (Lipinski definition) is 2. The van der Waals surface area contributed by atoms with Gasteiger partial charge in [-0.05, 0) is 112 Å². The zero-order chi connectivity index (χ0) is 25.7. The number of sulfonamides is 1. The number of piperidine rings is 1. The summed E-state index contributed by atoms with van der Waals surface area (Å²) in [6.07, 6.45) is 13.4. The lowest BCUT2D eigenvalue weighted by atomic mass is 9.47. The molecule has 5 nitrogen and oxygen atoms in total. The van der Waals surface area contributed by atoms with Crippen molar-refractivity contribution >= 4 is 10.0 Å². The molecule has 2 aliphatic heterocycles. The molecule has 11 atom stereocenters.